The lowest BCUT2D eigenvalue weighted by atomic mass is 9.88. The van der Waals surface area contributed by atoms with Crippen LogP contribution in [0.5, 0.6) is 0 Å². The third-order valence-corrected chi connectivity index (χ3v) is 2.26. The predicted molar refractivity (Wildman–Crippen MR) is 53.0 cm³/mol. The van der Waals surface area contributed by atoms with Crippen molar-refractivity contribution < 1.29 is 14.2 Å². The van der Waals surface area contributed by atoms with Crippen LogP contribution in [0.15, 0.2) is 0 Å². The van der Waals surface area contributed by atoms with Crippen molar-refractivity contribution in [1.82, 2.24) is 0 Å². The Kier molecular flexibility index (Phi) is 7.23. The van der Waals surface area contributed by atoms with Crippen LogP contribution in [0.4, 0.5) is 0 Å². The normalized spacial score (nSPS) is 12.0. The molecule has 0 amide bonds. The van der Waals surface area contributed by atoms with Crippen molar-refractivity contribution in [3.05, 3.63) is 0 Å². The summed E-state index contributed by atoms with van der Waals surface area (Å²) >= 11 is 0. The number of hydrogen-bond acceptors (Lipinski definition) is 3. The van der Waals surface area contributed by atoms with E-state index in [0.717, 1.165) is 13.0 Å². The van der Waals surface area contributed by atoms with Crippen LogP contribution in [0.3, 0.4) is 0 Å². The van der Waals surface area contributed by atoms with Gasteiger partial charge >= 0.3 is 0 Å². The predicted octanol–water partition coefficient (Wildman–Crippen LogP) is 1.71. The van der Waals surface area contributed by atoms with E-state index in [4.69, 9.17) is 14.2 Å². The fourth-order valence-electron chi connectivity index (χ4n) is 1.36. The lowest BCUT2D eigenvalue weighted by molar-refractivity contribution is -0.0497. The van der Waals surface area contributed by atoms with Gasteiger partial charge in [-0.15, -0.1) is 0 Å². The molecule has 3 heteroatoms. The maximum atomic E-state index is 5.44. The van der Waals surface area contributed by atoms with Crippen LogP contribution in [0, 0.1) is 5.41 Å². The molecule has 0 saturated heterocycles. The first-order chi connectivity index (χ1) is 6.24. The molecule has 0 fully saturated rings. The third-order valence-electron chi connectivity index (χ3n) is 2.26. The quantitative estimate of drug-likeness (QED) is 0.583. The molecule has 0 unspecified atom stereocenters. The van der Waals surface area contributed by atoms with Crippen LogP contribution < -0.4 is 0 Å². The summed E-state index contributed by atoms with van der Waals surface area (Å²) in [6, 6.07) is 0. The van der Waals surface area contributed by atoms with Crippen LogP contribution in [0.25, 0.3) is 0 Å². The van der Waals surface area contributed by atoms with Gasteiger partial charge in [-0.1, -0.05) is 6.92 Å². The van der Waals surface area contributed by atoms with E-state index in [1.165, 1.54) is 0 Å². The Labute approximate surface area is 81.4 Å². The summed E-state index contributed by atoms with van der Waals surface area (Å²) in [7, 11) is 3.43. The van der Waals surface area contributed by atoms with Crippen LogP contribution in [0.1, 0.15) is 20.3 Å². The molecule has 0 spiro atoms. The van der Waals surface area contributed by atoms with Crippen molar-refractivity contribution in [2.45, 2.75) is 20.3 Å². The maximum Gasteiger partial charge on any atom is 0.0566 e. The minimum Gasteiger partial charge on any atom is -0.384 e. The highest BCUT2D eigenvalue weighted by Crippen LogP contribution is 2.23. The molecule has 3 nitrogen and oxygen atoms in total. The van der Waals surface area contributed by atoms with E-state index >= 15 is 0 Å². The van der Waals surface area contributed by atoms with Crippen molar-refractivity contribution in [2.24, 2.45) is 5.41 Å². The zero-order valence-corrected chi connectivity index (χ0v) is 9.26. The maximum absolute atomic E-state index is 5.44. The van der Waals surface area contributed by atoms with Gasteiger partial charge in [0.05, 0.1) is 19.8 Å². The van der Waals surface area contributed by atoms with E-state index < -0.39 is 0 Å². The van der Waals surface area contributed by atoms with E-state index in [0.29, 0.717) is 19.8 Å². The summed E-state index contributed by atoms with van der Waals surface area (Å²) in [4.78, 5) is 0. The van der Waals surface area contributed by atoms with Gasteiger partial charge in [-0.25, -0.2) is 0 Å². The topological polar surface area (TPSA) is 27.7 Å². The van der Waals surface area contributed by atoms with E-state index in [9.17, 15) is 0 Å². The molecule has 0 aliphatic heterocycles. The second-order valence-corrected chi connectivity index (χ2v) is 3.36. The lowest BCUT2D eigenvalue weighted by Gasteiger charge is -2.30. The molecule has 0 heterocycles. The van der Waals surface area contributed by atoms with Crippen LogP contribution in [-0.2, 0) is 14.2 Å². The summed E-state index contributed by atoms with van der Waals surface area (Å²) in [6.07, 6.45) is 1.01. The van der Waals surface area contributed by atoms with Gasteiger partial charge in [0, 0.05) is 26.2 Å². The zero-order valence-electron chi connectivity index (χ0n) is 9.26. The summed E-state index contributed by atoms with van der Waals surface area (Å²) < 4.78 is 15.8. The average molecular weight is 190 g/mol. The van der Waals surface area contributed by atoms with Gasteiger partial charge in [0.15, 0.2) is 0 Å². The van der Waals surface area contributed by atoms with E-state index in [2.05, 4.69) is 6.92 Å². The first-order valence-electron chi connectivity index (χ1n) is 4.80. The summed E-state index contributed by atoms with van der Waals surface area (Å²) in [6.45, 7) is 6.97. The van der Waals surface area contributed by atoms with Gasteiger partial charge in [-0.2, -0.15) is 0 Å². The SMILES string of the molecule is CCOCC(CC)(COC)COC. The molecular weight excluding hydrogens is 168 g/mol. The Morgan fingerprint density at radius 1 is 0.923 bits per heavy atom. The standard InChI is InChI=1S/C10H22O3/c1-5-10(7-11-3,8-12-4)9-13-6-2/h5-9H2,1-4H3. The first kappa shape index (κ1) is 12.9. The molecule has 0 N–H and O–H groups in total. The van der Waals surface area contributed by atoms with E-state index in [1.54, 1.807) is 14.2 Å². The molecule has 0 radical (unpaired) electrons. The van der Waals surface area contributed by atoms with Crippen molar-refractivity contribution in [1.29, 1.82) is 0 Å². The number of methoxy groups -OCH3 is 2. The fourth-order valence-corrected chi connectivity index (χ4v) is 1.36. The monoisotopic (exact) mass is 190 g/mol. The molecule has 0 aliphatic carbocycles. The fraction of sp³-hybridized carbons (Fsp3) is 1.00. The molecular formula is C10H22O3. The third kappa shape index (κ3) is 4.60. The number of rotatable bonds is 8. The molecule has 0 bridgehead atoms. The summed E-state index contributed by atoms with van der Waals surface area (Å²) in [5.41, 5.74) is 0.0273. The van der Waals surface area contributed by atoms with Gasteiger partial charge in [0.25, 0.3) is 0 Å². The Hall–Kier alpha value is -0.120. The highest BCUT2D eigenvalue weighted by atomic mass is 16.5. The molecule has 80 valence electrons. The van der Waals surface area contributed by atoms with Crippen molar-refractivity contribution in [2.75, 3.05) is 40.6 Å². The van der Waals surface area contributed by atoms with Gasteiger partial charge < -0.3 is 14.2 Å². The highest BCUT2D eigenvalue weighted by Gasteiger charge is 2.28. The Bertz CT molecular complexity index is 109. The van der Waals surface area contributed by atoms with Crippen LogP contribution in [-0.4, -0.2) is 40.6 Å². The Balaban J connectivity index is 4.07. The van der Waals surface area contributed by atoms with E-state index in [1.807, 2.05) is 6.92 Å². The van der Waals surface area contributed by atoms with E-state index in [-0.39, 0.29) is 5.41 Å². The Morgan fingerprint density at radius 3 is 1.77 bits per heavy atom. The minimum atomic E-state index is 0.0273. The molecule has 0 aromatic heterocycles. The largest absolute Gasteiger partial charge is 0.384 e. The number of ether oxygens (including phenoxy) is 3. The summed E-state index contributed by atoms with van der Waals surface area (Å²) in [5, 5.41) is 0. The summed E-state index contributed by atoms with van der Waals surface area (Å²) in [5.74, 6) is 0. The average Bonchev–Trinajstić information content (AvgIpc) is 2.15. The highest BCUT2D eigenvalue weighted by molar-refractivity contribution is 4.77. The second kappa shape index (κ2) is 7.30. The molecule has 0 aromatic carbocycles. The van der Waals surface area contributed by atoms with Gasteiger partial charge in [-0.05, 0) is 13.3 Å². The van der Waals surface area contributed by atoms with Crippen molar-refractivity contribution >= 4 is 0 Å². The molecule has 0 saturated carbocycles. The Morgan fingerprint density at radius 2 is 1.46 bits per heavy atom. The van der Waals surface area contributed by atoms with Crippen LogP contribution in [0.2, 0.25) is 0 Å². The smallest absolute Gasteiger partial charge is 0.0566 e. The minimum absolute atomic E-state index is 0.0273. The van der Waals surface area contributed by atoms with Crippen LogP contribution >= 0.6 is 0 Å². The zero-order chi connectivity index (χ0) is 10.2. The van der Waals surface area contributed by atoms with Gasteiger partial charge in [0.2, 0.25) is 0 Å². The van der Waals surface area contributed by atoms with Crippen molar-refractivity contribution in [3.8, 4) is 0 Å². The molecule has 0 aliphatic rings. The lowest BCUT2D eigenvalue weighted by Crippen LogP contribution is -2.36. The van der Waals surface area contributed by atoms with Gasteiger partial charge in [-0.3, -0.25) is 0 Å². The first-order valence-corrected chi connectivity index (χ1v) is 4.80. The molecule has 13 heavy (non-hydrogen) atoms. The van der Waals surface area contributed by atoms with Gasteiger partial charge in [0.1, 0.15) is 0 Å². The molecule has 0 atom stereocenters. The second-order valence-electron chi connectivity index (χ2n) is 3.36. The molecule has 0 aromatic rings. The number of hydrogen-bond donors (Lipinski definition) is 0. The van der Waals surface area contributed by atoms with Crippen molar-refractivity contribution in [3.63, 3.8) is 0 Å². The molecule has 0 rings (SSSR count).